The van der Waals surface area contributed by atoms with E-state index in [4.69, 9.17) is 9.72 Å². The van der Waals surface area contributed by atoms with E-state index in [-0.39, 0.29) is 64.5 Å². The summed E-state index contributed by atoms with van der Waals surface area (Å²) in [5.41, 5.74) is -0.361. The number of halogens is 8. The van der Waals surface area contributed by atoms with Gasteiger partial charge in [0.05, 0.1) is 23.8 Å². The van der Waals surface area contributed by atoms with E-state index in [9.17, 15) is 30.7 Å². The molecule has 8 rings (SSSR count). The summed E-state index contributed by atoms with van der Waals surface area (Å²) in [6.45, 7) is 7.53. The molecule has 1 atom stereocenters. The Hall–Kier alpha value is -4.09. The molecule has 0 amide bonds. The van der Waals surface area contributed by atoms with Crippen LogP contribution in [0.5, 0.6) is 11.8 Å². The molecule has 54 heavy (non-hydrogen) atoms. The van der Waals surface area contributed by atoms with Gasteiger partial charge in [0.1, 0.15) is 17.0 Å². The predicted molar refractivity (Wildman–Crippen MR) is 184 cm³/mol. The molecule has 2 saturated heterocycles. The summed E-state index contributed by atoms with van der Waals surface area (Å²) in [4.78, 5) is 18.2. The number of ether oxygens (including phenoxy) is 3. The standard InChI is InChI=1S/C35H34F8N6O3.C2H6/c36-23-6-4-19-2-1-3-22(25(19)30(23)52-35(41,42)43)28-27(37)29-26-24(45-28)7-5-20-16-44-12-15-49(20)31(26)47-32(46-29)50-18-33(10-11-33)17-48-13-8-21(9-14-48)51-34(38,39)40;1-2/h1-4,6,20-21,44H,5,7-18H2;1-2H3. The highest BCUT2D eigenvalue weighted by Crippen LogP contribution is 2.48. The molecule has 1 aliphatic carbocycles. The maximum Gasteiger partial charge on any atom is 0.573 e. The van der Waals surface area contributed by atoms with Gasteiger partial charge in [0.15, 0.2) is 17.4 Å². The summed E-state index contributed by atoms with van der Waals surface area (Å²) in [6.07, 6.45) is -7.61. The van der Waals surface area contributed by atoms with Gasteiger partial charge in [0, 0.05) is 61.7 Å². The monoisotopic (exact) mass is 768 g/mol. The van der Waals surface area contributed by atoms with Crippen molar-refractivity contribution < 1.29 is 49.3 Å². The minimum Gasteiger partial charge on any atom is -0.463 e. The van der Waals surface area contributed by atoms with Crippen molar-refractivity contribution >= 4 is 27.5 Å². The molecule has 0 radical (unpaired) electrons. The van der Waals surface area contributed by atoms with Gasteiger partial charge >= 0.3 is 18.7 Å². The van der Waals surface area contributed by atoms with Crippen molar-refractivity contribution in [1.82, 2.24) is 25.2 Å². The number of piperazine rings is 1. The van der Waals surface area contributed by atoms with Crippen LogP contribution >= 0.6 is 0 Å². The van der Waals surface area contributed by atoms with Gasteiger partial charge in [-0.15, -0.1) is 26.3 Å². The Morgan fingerprint density at radius 2 is 1.65 bits per heavy atom. The molecule has 3 aliphatic heterocycles. The molecule has 2 aromatic carbocycles. The summed E-state index contributed by atoms with van der Waals surface area (Å²) in [5, 5.41) is 3.64. The molecule has 1 unspecified atom stereocenters. The Morgan fingerprint density at radius 3 is 2.35 bits per heavy atom. The number of nitrogens with one attached hydrogen (secondary N) is 1. The van der Waals surface area contributed by atoms with Gasteiger partial charge in [-0.2, -0.15) is 9.97 Å². The second kappa shape index (κ2) is 14.9. The predicted octanol–water partition coefficient (Wildman–Crippen LogP) is 7.93. The fraction of sp³-hybridized carbons (Fsp3) is 0.541. The summed E-state index contributed by atoms with van der Waals surface area (Å²) >= 11 is 0. The SMILES string of the molecule is CC.Fc1ccc2cccc(-c3nc4c5c(nc(OCC6(CN7CCC(OC(F)(F)F)CC7)CC6)nc5c3F)N3CCNCC3CC4)c2c1OC(F)(F)F. The van der Waals surface area contributed by atoms with Crippen molar-refractivity contribution in [1.29, 1.82) is 0 Å². The van der Waals surface area contributed by atoms with E-state index in [1.54, 1.807) is 0 Å². The number of aryl methyl sites for hydroxylation is 1. The molecule has 1 N–H and O–H groups in total. The number of pyridine rings is 1. The molecule has 4 aromatic rings. The number of nitrogens with zero attached hydrogens (tertiary/aromatic N) is 5. The van der Waals surface area contributed by atoms with Crippen LogP contribution in [-0.2, 0) is 11.2 Å². The van der Waals surface area contributed by atoms with E-state index in [1.165, 1.54) is 24.3 Å². The van der Waals surface area contributed by atoms with Crippen LogP contribution in [0.3, 0.4) is 0 Å². The number of aromatic nitrogens is 3. The maximum atomic E-state index is 17.0. The van der Waals surface area contributed by atoms with Gasteiger partial charge in [0.2, 0.25) is 0 Å². The Morgan fingerprint density at radius 1 is 0.889 bits per heavy atom. The molecule has 5 heterocycles. The number of fused-ring (bicyclic) bond motifs is 3. The Balaban J connectivity index is 0.00000221. The van der Waals surface area contributed by atoms with Crippen LogP contribution in [-0.4, -0.2) is 90.6 Å². The number of hydrogen-bond donors (Lipinski definition) is 1. The van der Waals surface area contributed by atoms with Crippen molar-refractivity contribution in [3.05, 3.63) is 47.7 Å². The molecular formula is C37H40F8N6O3. The highest BCUT2D eigenvalue weighted by atomic mass is 19.4. The number of alkyl halides is 6. The number of anilines is 1. The third kappa shape index (κ3) is 7.98. The molecule has 0 spiro atoms. The van der Waals surface area contributed by atoms with Gasteiger partial charge in [-0.1, -0.05) is 38.1 Å². The first-order valence-corrected chi connectivity index (χ1v) is 18.2. The number of benzene rings is 2. The molecule has 2 aromatic heterocycles. The van der Waals surface area contributed by atoms with Gasteiger partial charge in [0.25, 0.3) is 0 Å². The molecule has 17 heteroatoms. The van der Waals surface area contributed by atoms with Gasteiger partial charge in [-0.3, -0.25) is 4.74 Å². The fourth-order valence-corrected chi connectivity index (χ4v) is 7.76. The first-order chi connectivity index (χ1) is 25.8. The third-order valence-electron chi connectivity index (χ3n) is 10.4. The minimum atomic E-state index is -5.22. The van der Waals surface area contributed by atoms with Crippen LogP contribution in [0.2, 0.25) is 0 Å². The van der Waals surface area contributed by atoms with E-state index < -0.39 is 36.2 Å². The van der Waals surface area contributed by atoms with E-state index in [0.29, 0.717) is 69.0 Å². The van der Waals surface area contributed by atoms with E-state index >= 15 is 4.39 Å². The lowest BCUT2D eigenvalue weighted by Crippen LogP contribution is -2.51. The molecule has 0 bridgehead atoms. The van der Waals surface area contributed by atoms with Crippen LogP contribution < -0.4 is 19.7 Å². The number of hydrogen-bond acceptors (Lipinski definition) is 9. The highest BCUT2D eigenvalue weighted by Gasteiger charge is 2.46. The average Bonchev–Trinajstić information content (AvgIpc) is 3.93. The zero-order valence-electron chi connectivity index (χ0n) is 29.7. The van der Waals surface area contributed by atoms with Crippen molar-refractivity contribution in [2.75, 3.05) is 50.8 Å². The van der Waals surface area contributed by atoms with E-state index in [2.05, 4.69) is 34.6 Å². The molecule has 292 valence electrons. The van der Waals surface area contributed by atoms with Crippen LogP contribution in [0, 0.1) is 17.0 Å². The Labute approximate surface area is 306 Å². The van der Waals surface area contributed by atoms with Crippen molar-refractivity contribution in [2.45, 2.75) is 77.2 Å². The quantitative estimate of drug-likeness (QED) is 0.180. The zero-order chi connectivity index (χ0) is 38.4. The lowest BCUT2D eigenvalue weighted by Gasteiger charge is -2.36. The third-order valence-corrected chi connectivity index (χ3v) is 10.4. The number of piperidine rings is 1. The summed E-state index contributed by atoms with van der Waals surface area (Å²) < 4.78 is 125. The largest absolute Gasteiger partial charge is 0.573 e. The molecule has 9 nitrogen and oxygen atoms in total. The van der Waals surface area contributed by atoms with Crippen LogP contribution in [0.15, 0.2) is 30.3 Å². The highest BCUT2D eigenvalue weighted by molar-refractivity contribution is 6.03. The maximum absolute atomic E-state index is 17.0. The second-order valence-electron chi connectivity index (χ2n) is 14.0. The molecule has 1 saturated carbocycles. The number of likely N-dealkylation sites (tertiary alicyclic amines) is 1. The minimum absolute atomic E-state index is 0.0159. The molecule has 3 fully saturated rings. The average molecular weight is 769 g/mol. The summed E-state index contributed by atoms with van der Waals surface area (Å²) in [7, 11) is 0. The van der Waals surface area contributed by atoms with Crippen LogP contribution in [0.1, 0.15) is 51.6 Å². The first-order valence-electron chi connectivity index (χ1n) is 18.2. The lowest BCUT2D eigenvalue weighted by atomic mass is 9.98. The first kappa shape index (κ1) is 38.2. The van der Waals surface area contributed by atoms with Crippen LogP contribution in [0.25, 0.3) is 32.9 Å². The second-order valence-corrected chi connectivity index (χ2v) is 14.0. The molecule has 4 aliphatic rings. The summed E-state index contributed by atoms with van der Waals surface area (Å²) in [5.74, 6) is -2.84. The van der Waals surface area contributed by atoms with E-state index in [0.717, 1.165) is 18.9 Å². The van der Waals surface area contributed by atoms with Crippen LogP contribution in [0.4, 0.5) is 40.9 Å². The normalized spacial score (nSPS) is 20.3. The fourth-order valence-electron chi connectivity index (χ4n) is 7.76. The van der Waals surface area contributed by atoms with Crippen molar-refractivity contribution in [3.63, 3.8) is 0 Å². The Bertz CT molecular complexity index is 2000. The van der Waals surface area contributed by atoms with Crippen molar-refractivity contribution in [3.8, 4) is 23.0 Å². The topological polar surface area (TPSA) is 84.9 Å². The number of rotatable bonds is 8. The smallest absolute Gasteiger partial charge is 0.463 e. The lowest BCUT2D eigenvalue weighted by molar-refractivity contribution is -0.345. The van der Waals surface area contributed by atoms with Gasteiger partial charge in [-0.25, -0.2) is 13.8 Å². The molecular weight excluding hydrogens is 728 g/mol. The van der Waals surface area contributed by atoms with Crippen molar-refractivity contribution in [2.24, 2.45) is 5.41 Å². The zero-order valence-corrected chi connectivity index (χ0v) is 29.7. The summed E-state index contributed by atoms with van der Waals surface area (Å²) in [6, 6.07) is 6.40. The van der Waals surface area contributed by atoms with Gasteiger partial charge in [-0.05, 0) is 50.0 Å². The van der Waals surface area contributed by atoms with Gasteiger partial charge < -0.3 is 24.6 Å². The Kier molecular flexibility index (Phi) is 10.5. The van der Waals surface area contributed by atoms with E-state index in [1.807, 2.05) is 13.8 Å².